The van der Waals surface area contributed by atoms with Gasteiger partial charge in [-0.25, -0.2) is 9.78 Å². The number of ether oxygens (including phenoxy) is 1. The summed E-state index contributed by atoms with van der Waals surface area (Å²) in [7, 11) is 1.35. The number of rotatable bonds is 2. The molecule has 5 nitrogen and oxygen atoms in total. The monoisotopic (exact) mass is 326 g/mol. The molecule has 1 unspecified atom stereocenters. The Labute approximate surface area is 120 Å². The van der Waals surface area contributed by atoms with Gasteiger partial charge in [-0.1, -0.05) is 0 Å². The van der Waals surface area contributed by atoms with Crippen LogP contribution in [-0.2, 0) is 9.53 Å². The maximum absolute atomic E-state index is 12.5. The van der Waals surface area contributed by atoms with Crippen LogP contribution in [-0.4, -0.2) is 41.5 Å². The van der Waals surface area contributed by atoms with E-state index in [1.807, 2.05) is 0 Å². The summed E-state index contributed by atoms with van der Waals surface area (Å²) >= 11 is 3.24. The average molecular weight is 327 g/mol. The number of esters is 1. The first-order valence-electron chi connectivity index (χ1n) is 6.14. The molecule has 102 valence electrons. The number of carbonyl (C=O) groups excluding carboxylic acids is 2. The lowest BCUT2D eigenvalue weighted by Crippen LogP contribution is -2.48. The lowest BCUT2D eigenvalue weighted by Gasteiger charge is -2.33. The molecule has 0 aromatic carbocycles. The van der Waals surface area contributed by atoms with Gasteiger partial charge in [0.1, 0.15) is 10.6 Å². The minimum atomic E-state index is -0.474. The van der Waals surface area contributed by atoms with Crippen LogP contribution in [0.25, 0.3) is 0 Å². The highest BCUT2D eigenvalue weighted by atomic mass is 79.9. The Morgan fingerprint density at radius 3 is 2.95 bits per heavy atom. The molecule has 1 aromatic heterocycles. The van der Waals surface area contributed by atoms with Gasteiger partial charge in [0, 0.05) is 18.3 Å². The van der Waals surface area contributed by atoms with E-state index in [-0.39, 0.29) is 11.9 Å². The fourth-order valence-electron chi connectivity index (χ4n) is 2.26. The van der Waals surface area contributed by atoms with E-state index >= 15 is 0 Å². The second-order valence-corrected chi connectivity index (χ2v) is 5.21. The number of hydrogen-bond acceptors (Lipinski definition) is 4. The van der Waals surface area contributed by atoms with Crippen LogP contribution in [0.15, 0.2) is 22.9 Å². The summed E-state index contributed by atoms with van der Waals surface area (Å²) in [6.07, 6.45) is 4.06. The highest BCUT2D eigenvalue weighted by Crippen LogP contribution is 2.21. The third kappa shape index (κ3) is 3.12. The summed E-state index contributed by atoms with van der Waals surface area (Å²) in [4.78, 5) is 29.8. The van der Waals surface area contributed by atoms with Crippen molar-refractivity contribution in [1.82, 2.24) is 9.88 Å². The van der Waals surface area contributed by atoms with Crippen molar-refractivity contribution in [3.8, 4) is 0 Å². The van der Waals surface area contributed by atoms with Crippen LogP contribution >= 0.6 is 15.9 Å². The lowest BCUT2D eigenvalue weighted by atomic mass is 10.0. The van der Waals surface area contributed by atoms with E-state index in [4.69, 9.17) is 4.74 Å². The zero-order chi connectivity index (χ0) is 13.8. The number of aromatic nitrogens is 1. The first kappa shape index (κ1) is 14.0. The van der Waals surface area contributed by atoms with Crippen molar-refractivity contribution < 1.29 is 14.3 Å². The zero-order valence-electron chi connectivity index (χ0n) is 10.6. The van der Waals surface area contributed by atoms with Gasteiger partial charge in [-0.3, -0.25) is 4.79 Å². The van der Waals surface area contributed by atoms with E-state index in [1.54, 1.807) is 23.2 Å². The first-order valence-corrected chi connectivity index (χ1v) is 6.93. The smallest absolute Gasteiger partial charge is 0.328 e. The number of halogens is 1. The van der Waals surface area contributed by atoms with Gasteiger partial charge in [0.25, 0.3) is 5.91 Å². The van der Waals surface area contributed by atoms with Crippen LogP contribution in [0.5, 0.6) is 0 Å². The van der Waals surface area contributed by atoms with Gasteiger partial charge in [-0.05, 0) is 47.3 Å². The van der Waals surface area contributed by atoms with Crippen LogP contribution in [0, 0.1) is 0 Å². The van der Waals surface area contributed by atoms with Crippen molar-refractivity contribution in [2.24, 2.45) is 0 Å². The number of amides is 1. The lowest BCUT2D eigenvalue weighted by molar-refractivity contribution is -0.147. The fraction of sp³-hybridized carbons (Fsp3) is 0.462. The van der Waals surface area contributed by atoms with E-state index in [0.717, 1.165) is 12.8 Å². The Kier molecular flexibility index (Phi) is 4.52. The zero-order valence-corrected chi connectivity index (χ0v) is 12.2. The number of hydrogen-bond donors (Lipinski definition) is 0. The number of methoxy groups -OCH3 is 1. The third-order valence-electron chi connectivity index (χ3n) is 3.21. The summed E-state index contributed by atoms with van der Waals surface area (Å²) < 4.78 is 5.38. The van der Waals surface area contributed by atoms with Gasteiger partial charge in [-0.15, -0.1) is 0 Å². The normalized spacial score (nSPS) is 19.1. The molecule has 1 fully saturated rings. The molecule has 0 aliphatic carbocycles. The van der Waals surface area contributed by atoms with Gasteiger partial charge in [0.05, 0.1) is 7.11 Å². The van der Waals surface area contributed by atoms with Crippen LogP contribution in [0.3, 0.4) is 0 Å². The molecule has 6 heteroatoms. The molecule has 1 aliphatic heterocycles. The molecule has 1 amide bonds. The minimum absolute atomic E-state index is 0.154. The van der Waals surface area contributed by atoms with Crippen LogP contribution < -0.4 is 0 Å². The van der Waals surface area contributed by atoms with Crippen molar-refractivity contribution in [2.45, 2.75) is 25.3 Å². The first-order chi connectivity index (χ1) is 9.13. The number of nitrogens with zero attached hydrogens (tertiary/aromatic N) is 2. The molecule has 0 N–H and O–H groups in total. The SMILES string of the molecule is COC(=O)C1CCCCN1C(=O)c1ccnc(Br)c1. The van der Waals surface area contributed by atoms with Crippen LogP contribution in [0.4, 0.5) is 0 Å². The van der Waals surface area contributed by atoms with E-state index in [0.29, 0.717) is 23.1 Å². The van der Waals surface area contributed by atoms with Crippen molar-refractivity contribution in [2.75, 3.05) is 13.7 Å². The Hall–Kier alpha value is -1.43. The van der Waals surface area contributed by atoms with Crippen molar-refractivity contribution in [3.05, 3.63) is 28.5 Å². The number of piperidine rings is 1. The van der Waals surface area contributed by atoms with Gasteiger partial charge in [0.15, 0.2) is 0 Å². The standard InChI is InChI=1S/C13H15BrN2O3/c1-19-13(18)10-4-2-3-7-16(10)12(17)9-5-6-15-11(14)8-9/h5-6,8,10H,2-4,7H2,1H3. The summed E-state index contributed by atoms with van der Waals surface area (Å²) in [5.41, 5.74) is 0.526. The van der Waals surface area contributed by atoms with E-state index in [2.05, 4.69) is 20.9 Å². The Balaban J connectivity index is 2.22. The highest BCUT2D eigenvalue weighted by molar-refractivity contribution is 9.10. The van der Waals surface area contributed by atoms with Crippen LogP contribution in [0.1, 0.15) is 29.6 Å². The third-order valence-corrected chi connectivity index (χ3v) is 3.64. The van der Waals surface area contributed by atoms with Crippen LogP contribution in [0.2, 0.25) is 0 Å². The molecule has 1 aliphatic rings. The second-order valence-electron chi connectivity index (χ2n) is 4.40. The Bertz CT molecular complexity index is 493. The summed E-state index contributed by atoms with van der Waals surface area (Å²) in [6, 6.07) is 2.83. The van der Waals surface area contributed by atoms with Gasteiger partial charge < -0.3 is 9.64 Å². The van der Waals surface area contributed by atoms with E-state index in [9.17, 15) is 9.59 Å². The highest BCUT2D eigenvalue weighted by Gasteiger charge is 2.33. The molecule has 1 aromatic rings. The molecule has 0 bridgehead atoms. The molecule has 2 heterocycles. The van der Waals surface area contributed by atoms with Gasteiger partial charge in [-0.2, -0.15) is 0 Å². The van der Waals surface area contributed by atoms with E-state index < -0.39 is 6.04 Å². The number of pyridine rings is 1. The van der Waals surface area contributed by atoms with Crippen molar-refractivity contribution in [1.29, 1.82) is 0 Å². The average Bonchev–Trinajstić information content (AvgIpc) is 2.45. The molecule has 2 rings (SSSR count). The van der Waals surface area contributed by atoms with Gasteiger partial charge in [0.2, 0.25) is 0 Å². The molecular formula is C13H15BrN2O3. The molecule has 19 heavy (non-hydrogen) atoms. The van der Waals surface area contributed by atoms with E-state index in [1.165, 1.54) is 7.11 Å². The predicted octanol–water partition coefficient (Wildman–Crippen LogP) is 2.01. The largest absolute Gasteiger partial charge is 0.467 e. The Morgan fingerprint density at radius 2 is 2.26 bits per heavy atom. The summed E-state index contributed by atoms with van der Waals surface area (Å²) in [6.45, 7) is 0.582. The quantitative estimate of drug-likeness (QED) is 0.616. The molecule has 1 atom stereocenters. The molecular weight excluding hydrogens is 312 g/mol. The minimum Gasteiger partial charge on any atom is -0.467 e. The topological polar surface area (TPSA) is 59.5 Å². The van der Waals surface area contributed by atoms with Crippen molar-refractivity contribution in [3.63, 3.8) is 0 Å². The molecule has 0 spiro atoms. The molecule has 1 saturated heterocycles. The number of carbonyl (C=O) groups is 2. The maximum atomic E-state index is 12.5. The predicted molar refractivity (Wildman–Crippen MR) is 72.6 cm³/mol. The Morgan fingerprint density at radius 1 is 1.47 bits per heavy atom. The summed E-state index contributed by atoms with van der Waals surface area (Å²) in [5.74, 6) is -0.501. The molecule has 0 saturated carbocycles. The van der Waals surface area contributed by atoms with Gasteiger partial charge >= 0.3 is 5.97 Å². The number of likely N-dealkylation sites (tertiary alicyclic amines) is 1. The maximum Gasteiger partial charge on any atom is 0.328 e. The summed E-state index contributed by atoms with van der Waals surface area (Å²) in [5, 5.41) is 0. The van der Waals surface area contributed by atoms with Crippen molar-refractivity contribution >= 4 is 27.8 Å². The second kappa shape index (κ2) is 6.14. The molecule has 0 radical (unpaired) electrons. The fourth-order valence-corrected chi connectivity index (χ4v) is 2.62.